The molecule has 0 heterocycles. The van der Waals surface area contributed by atoms with Crippen LogP contribution in [0.1, 0.15) is 31.1 Å². The second-order valence-electron chi connectivity index (χ2n) is 5.97. The van der Waals surface area contributed by atoms with Crippen LogP contribution < -0.4 is 4.43 Å². The molecule has 1 N–H and O–H groups in total. The molecule has 18 heavy (non-hydrogen) atoms. The summed E-state index contributed by atoms with van der Waals surface area (Å²) in [5.41, 5.74) is 0.494. The fourth-order valence-corrected chi connectivity index (χ4v) is 2.29. The first-order valence-corrected chi connectivity index (χ1v) is 9.01. The average molecular weight is 266 g/mol. The zero-order valence-corrected chi connectivity index (χ0v) is 12.8. The molecule has 0 bridgehead atoms. The van der Waals surface area contributed by atoms with Crippen molar-refractivity contribution in [3.63, 3.8) is 0 Å². The summed E-state index contributed by atoms with van der Waals surface area (Å²) in [4.78, 5) is 11.4. The number of aliphatic hydroxyl groups is 1. The topological polar surface area (TPSA) is 46.5 Å². The number of aliphatic hydroxyl groups excluding tert-OH is 1. The van der Waals surface area contributed by atoms with Crippen LogP contribution in [0.3, 0.4) is 0 Å². The van der Waals surface area contributed by atoms with Crippen molar-refractivity contribution in [2.24, 2.45) is 0 Å². The van der Waals surface area contributed by atoms with E-state index in [-0.39, 0.29) is 10.8 Å². The average Bonchev–Trinajstić information content (AvgIpc) is 2.26. The first kappa shape index (κ1) is 14.9. The molecule has 0 saturated heterocycles. The van der Waals surface area contributed by atoms with Gasteiger partial charge in [0.2, 0.25) is 8.32 Å². The lowest BCUT2D eigenvalue weighted by atomic mass is 10.1. The van der Waals surface area contributed by atoms with Crippen molar-refractivity contribution in [2.75, 3.05) is 6.61 Å². The van der Waals surface area contributed by atoms with Crippen LogP contribution >= 0.6 is 0 Å². The van der Waals surface area contributed by atoms with E-state index in [0.29, 0.717) is 11.3 Å². The predicted molar refractivity (Wildman–Crippen MR) is 75.7 cm³/mol. The van der Waals surface area contributed by atoms with Crippen LogP contribution in [0.4, 0.5) is 0 Å². The van der Waals surface area contributed by atoms with Gasteiger partial charge in [-0.1, -0.05) is 32.9 Å². The van der Waals surface area contributed by atoms with E-state index < -0.39 is 14.9 Å². The van der Waals surface area contributed by atoms with E-state index in [0.717, 1.165) is 0 Å². The van der Waals surface area contributed by atoms with Gasteiger partial charge in [0.15, 0.2) is 5.78 Å². The van der Waals surface area contributed by atoms with Crippen molar-refractivity contribution in [3.8, 4) is 5.75 Å². The molecule has 4 heteroatoms. The Morgan fingerprint density at radius 2 is 1.94 bits per heavy atom. The van der Waals surface area contributed by atoms with E-state index in [1.54, 1.807) is 18.2 Å². The zero-order valence-electron chi connectivity index (χ0n) is 11.8. The van der Waals surface area contributed by atoms with Crippen molar-refractivity contribution in [1.29, 1.82) is 0 Å². The Morgan fingerprint density at radius 3 is 2.44 bits per heavy atom. The lowest BCUT2D eigenvalue weighted by Gasteiger charge is -2.36. The number of hydrogen-bond acceptors (Lipinski definition) is 3. The molecule has 0 spiro atoms. The monoisotopic (exact) mass is 266 g/mol. The van der Waals surface area contributed by atoms with E-state index >= 15 is 0 Å². The molecule has 0 unspecified atom stereocenters. The smallest absolute Gasteiger partial charge is 0.250 e. The number of ketones is 1. The lowest BCUT2D eigenvalue weighted by molar-refractivity contribution is 0.0903. The second kappa shape index (κ2) is 5.24. The minimum absolute atomic E-state index is 0.115. The van der Waals surface area contributed by atoms with Crippen LogP contribution in [-0.2, 0) is 0 Å². The molecule has 1 rings (SSSR count). The van der Waals surface area contributed by atoms with Gasteiger partial charge in [-0.05, 0) is 30.3 Å². The minimum atomic E-state index is -1.89. The Balaban J connectivity index is 2.96. The molecule has 0 aliphatic carbocycles. The maximum absolute atomic E-state index is 11.4. The summed E-state index contributed by atoms with van der Waals surface area (Å²) in [6.45, 7) is 10.4. The van der Waals surface area contributed by atoms with Crippen molar-refractivity contribution in [3.05, 3.63) is 29.8 Å². The first-order chi connectivity index (χ1) is 8.17. The Bertz CT molecular complexity index is 433. The summed E-state index contributed by atoms with van der Waals surface area (Å²) >= 11 is 0. The summed E-state index contributed by atoms with van der Waals surface area (Å²) < 4.78 is 6.11. The van der Waals surface area contributed by atoms with Crippen LogP contribution in [0.2, 0.25) is 18.1 Å². The van der Waals surface area contributed by atoms with Gasteiger partial charge in [-0.25, -0.2) is 0 Å². The molecule has 100 valence electrons. The summed E-state index contributed by atoms with van der Waals surface area (Å²) in [6, 6.07) is 7.04. The predicted octanol–water partition coefficient (Wildman–Crippen LogP) is 3.25. The number of Topliss-reactive ketones (excluding diaryl/α,β-unsaturated/α-hetero) is 1. The van der Waals surface area contributed by atoms with Crippen LogP contribution in [-0.4, -0.2) is 25.8 Å². The van der Waals surface area contributed by atoms with Gasteiger partial charge in [-0.15, -0.1) is 0 Å². The highest BCUT2D eigenvalue weighted by Gasteiger charge is 2.38. The standard InChI is InChI=1S/C14H22O3Si/c1-14(2,3)18(4,5)17-12-8-6-7-11(9-12)13(16)10-15/h6-9,15H,10H2,1-5H3. The van der Waals surface area contributed by atoms with Crippen molar-refractivity contribution in [2.45, 2.75) is 38.9 Å². The van der Waals surface area contributed by atoms with Gasteiger partial charge < -0.3 is 9.53 Å². The van der Waals surface area contributed by atoms with Crippen LogP contribution in [0.5, 0.6) is 5.75 Å². The van der Waals surface area contributed by atoms with E-state index in [4.69, 9.17) is 9.53 Å². The molecule has 0 aliphatic rings. The molecular weight excluding hydrogens is 244 g/mol. The largest absolute Gasteiger partial charge is 0.543 e. The highest BCUT2D eigenvalue weighted by Crippen LogP contribution is 2.37. The summed E-state index contributed by atoms with van der Waals surface area (Å²) in [6.07, 6.45) is 0. The summed E-state index contributed by atoms with van der Waals surface area (Å²) in [5.74, 6) is 0.427. The number of hydrogen-bond donors (Lipinski definition) is 1. The van der Waals surface area contributed by atoms with Crippen LogP contribution in [0, 0.1) is 0 Å². The Hall–Kier alpha value is -1.13. The van der Waals surface area contributed by atoms with Gasteiger partial charge >= 0.3 is 0 Å². The van der Waals surface area contributed by atoms with Gasteiger partial charge in [-0.3, -0.25) is 4.79 Å². The molecule has 0 atom stereocenters. The van der Waals surface area contributed by atoms with Crippen molar-refractivity contribution >= 4 is 14.1 Å². The van der Waals surface area contributed by atoms with Gasteiger partial charge in [0.05, 0.1) is 0 Å². The van der Waals surface area contributed by atoms with E-state index in [9.17, 15) is 4.79 Å². The zero-order chi connectivity index (χ0) is 14.0. The number of carbonyl (C=O) groups excluding carboxylic acids is 1. The second-order valence-corrected chi connectivity index (χ2v) is 10.7. The van der Waals surface area contributed by atoms with Gasteiger partial charge in [-0.2, -0.15) is 0 Å². The number of carbonyl (C=O) groups is 1. The number of rotatable bonds is 4. The van der Waals surface area contributed by atoms with Gasteiger partial charge in [0.1, 0.15) is 12.4 Å². The molecule has 0 amide bonds. The summed E-state index contributed by atoms with van der Waals surface area (Å²) in [5, 5.41) is 8.97. The van der Waals surface area contributed by atoms with Crippen molar-refractivity contribution in [1.82, 2.24) is 0 Å². The quantitative estimate of drug-likeness (QED) is 0.672. The Morgan fingerprint density at radius 1 is 1.33 bits per heavy atom. The highest BCUT2D eigenvalue weighted by atomic mass is 28.4. The molecule has 0 fully saturated rings. The molecular formula is C14H22O3Si. The normalized spacial score (nSPS) is 12.3. The van der Waals surface area contributed by atoms with Crippen LogP contribution in [0.25, 0.3) is 0 Å². The molecule has 0 radical (unpaired) electrons. The Kier molecular flexibility index (Phi) is 4.35. The van der Waals surface area contributed by atoms with E-state index in [2.05, 4.69) is 33.9 Å². The maximum Gasteiger partial charge on any atom is 0.250 e. The number of benzene rings is 1. The SMILES string of the molecule is CC(C)(C)[Si](C)(C)Oc1cccc(C(=O)CO)c1. The first-order valence-electron chi connectivity index (χ1n) is 6.10. The third kappa shape index (κ3) is 3.43. The fraction of sp³-hybridized carbons (Fsp3) is 0.500. The third-order valence-electron chi connectivity index (χ3n) is 3.48. The molecule has 3 nitrogen and oxygen atoms in total. The molecule has 0 saturated carbocycles. The van der Waals surface area contributed by atoms with Gasteiger partial charge in [0.25, 0.3) is 0 Å². The van der Waals surface area contributed by atoms with Crippen LogP contribution in [0.15, 0.2) is 24.3 Å². The third-order valence-corrected chi connectivity index (χ3v) is 7.84. The molecule has 1 aromatic rings. The fourth-order valence-electron chi connectivity index (χ4n) is 1.27. The summed E-state index contributed by atoms with van der Waals surface area (Å²) in [7, 11) is -1.89. The van der Waals surface area contributed by atoms with E-state index in [1.807, 2.05) is 6.07 Å². The maximum atomic E-state index is 11.4. The Labute approximate surface area is 110 Å². The van der Waals surface area contributed by atoms with Crippen molar-refractivity contribution < 1.29 is 14.3 Å². The molecule has 0 aromatic heterocycles. The molecule has 0 aliphatic heterocycles. The molecule has 1 aromatic carbocycles. The van der Waals surface area contributed by atoms with E-state index in [1.165, 1.54) is 0 Å². The highest BCUT2D eigenvalue weighted by molar-refractivity contribution is 6.74. The lowest BCUT2D eigenvalue weighted by Crippen LogP contribution is -2.43. The van der Waals surface area contributed by atoms with Gasteiger partial charge in [0, 0.05) is 5.56 Å². The minimum Gasteiger partial charge on any atom is -0.543 e.